The molecule has 2 aromatic rings. The second kappa shape index (κ2) is 9.78. The molecule has 1 aliphatic rings. The van der Waals surface area contributed by atoms with Crippen LogP contribution in [0, 0.1) is 5.92 Å². The molecule has 8 heteroatoms. The van der Waals surface area contributed by atoms with E-state index in [1.165, 1.54) is 34.5 Å². The number of Topliss-reactive ketones (excluding diaryl/α,β-unsaturated/α-hetero) is 1. The number of ether oxygens (including phenoxy) is 5. The van der Waals surface area contributed by atoms with E-state index in [9.17, 15) is 9.90 Å². The zero-order chi connectivity index (χ0) is 22.5. The number of hydrogen-bond donors (Lipinski definition) is 2. The van der Waals surface area contributed by atoms with Gasteiger partial charge in [0.15, 0.2) is 17.3 Å². The SMILES string of the molecule is CNCCCC1C(=O)c2c(O)cc(OC)cc2OC1c1cc(OC)c(OC)c(OC)c1. The van der Waals surface area contributed by atoms with Crippen molar-refractivity contribution in [3.63, 3.8) is 0 Å². The van der Waals surface area contributed by atoms with Crippen LogP contribution in [0.25, 0.3) is 0 Å². The van der Waals surface area contributed by atoms with Crippen molar-refractivity contribution in [3.8, 4) is 34.5 Å². The van der Waals surface area contributed by atoms with Gasteiger partial charge in [-0.15, -0.1) is 0 Å². The van der Waals surface area contributed by atoms with Crippen LogP contribution < -0.4 is 29.0 Å². The number of fused-ring (bicyclic) bond motifs is 1. The van der Waals surface area contributed by atoms with E-state index >= 15 is 0 Å². The molecular weight excluding hydrogens is 402 g/mol. The van der Waals surface area contributed by atoms with Crippen LogP contribution >= 0.6 is 0 Å². The summed E-state index contributed by atoms with van der Waals surface area (Å²) in [6, 6.07) is 6.61. The number of phenolic OH excluding ortho intramolecular Hbond substituents is 1. The summed E-state index contributed by atoms with van der Waals surface area (Å²) >= 11 is 0. The molecule has 0 saturated heterocycles. The average molecular weight is 431 g/mol. The molecule has 1 aliphatic heterocycles. The monoisotopic (exact) mass is 431 g/mol. The number of methoxy groups -OCH3 is 4. The molecule has 1 heterocycles. The van der Waals surface area contributed by atoms with E-state index < -0.39 is 12.0 Å². The van der Waals surface area contributed by atoms with Crippen LogP contribution in [0.3, 0.4) is 0 Å². The van der Waals surface area contributed by atoms with Crippen LogP contribution in [0.5, 0.6) is 34.5 Å². The molecule has 2 aromatic carbocycles. The van der Waals surface area contributed by atoms with Crippen molar-refractivity contribution in [2.75, 3.05) is 42.0 Å². The highest BCUT2D eigenvalue weighted by Crippen LogP contribution is 2.48. The van der Waals surface area contributed by atoms with E-state index in [4.69, 9.17) is 23.7 Å². The maximum atomic E-state index is 13.5. The smallest absolute Gasteiger partial charge is 0.203 e. The highest BCUT2D eigenvalue weighted by atomic mass is 16.5. The Labute approximate surface area is 182 Å². The van der Waals surface area contributed by atoms with E-state index in [2.05, 4.69) is 5.32 Å². The standard InChI is InChI=1S/C23H29NO7/c1-24-8-6-7-15-21(26)20-16(25)11-14(27-2)12-17(20)31-22(15)13-9-18(28-3)23(30-5)19(10-13)29-4/h9-12,15,22,24-25H,6-8H2,1-5H3. The first kappa shape index (κ1) is 22.6. The van der Waals surface area contributed by atoms with Gasteiger partial charge in [0.2, 0.25) is 5.75 Å². The van der Waals surface area contributed by atoms with Crippen LogP contribution in [0.1, 0.15) is 34.9 Å². The van der Waals surface area contributed by atoms with Crippen molar-refractivity contribution in [1.29, 1.82) is 0 Å². The van der Waals surface area contributed by atoms with E-state index in [0.29, 0.717) is 35.0 Å². The first-order valence-corrected chi connectivity index (χ1v) is 10.0. The van der Waals surface area contributed by atoms with Crippen LogP contribution in [-0.4, -0.2) is 52.9 Å². The van der Waals surface area contributed by atoms with Crippen molar-refractivity contribution < 1.29 is 33.6 Å². The molecule has 0 bridgehead atoms. The van der Waals surface area contributed by atoms with Crippen molar-refractivity contribution in [1.82, 2.24) is 5.32 Å². The summed E-state index contributed by atoms with van der Waals surface area (Å²) in [6.45, 7) is 0.757. The Morgan fingerprint density at radius 2 is 1.68 bits per heavy atom. The summed E-state index contributed by atoms with van der Waals surface area (Å²) in [5, 5.41) is 13.6. The van der Waals surface area contributed by atoms with Crippen LogP contribution in [-0.2, 0) is 0 Å². The van der Waals surface area contributed by atoms with Crippen LogP contribution in [0.2, 0.25) is 0 Å². The number of carbonyl (C=O) groups is 1. The number of nitrogens with one attached hydrogen (secondary N) is 1. The molecule has 0 saturated carbocycles. The first-order chi connectivity index (χ1) is 15.0. The van der Waals surface area contributed by atoms with Gasteiger partial charge in [-0.1, -0.05) is 0 Å². The molecule has 168 valence electrons. The molecule has 8 nitrogen and oxygen atoms in total. The second-order valence-corrected chi connectivity index (χ2v) is 7.23. The van der Waals surface area contributed by atoms with Gasteiger partial charge in [-0.05, 0) is 38.6 Å². The predicted octanol–water partition coefficient (Wildman–Crippen LogP) is 3.36. The summed E-state index contributed by atoms with van der Waals surface area (Å²) in [6.07, 6.45) is 0.743. The minimum absolute atomic E-state index is 0.152. The Hall–Kier alpha value is -3.13. The molecule has 0 fully saturated rings. The third kappa shape index (κ3) is 4.34. The predicted molar refractivity (Wildman–Crippen MR) is 115 cm³/mol. The molecule has 0 amide bonds. The van der Waals surface area contributed by atoms with E-state index in [0.717, 1.165) is 13.0 Å². The molecule has 31 heavy (non-hydrogen) atoms. The highest BCUT2D eigenvalue weighted by molar-refractivity contribution is 6.04. The molecule has 0 radical (unpaired) electrons. The Morgan fingerprint density at radius 3 is 2.23 bits per heavy atom. The van der Waals surface area contributed by atoms with Gasteiger partial charge in [-0.3, -0.25) is 4.79 Å². The average Bonchev–Trinajstić information content (AvgIpc) is 2.78. The molecule has 2 atom stereocenters. The van der Waals surface area contributed by atoms with E-state index in [1.54, 1.807) is 18.2 Å². The third-order valence-corrected chi connectivity index (χ3v) is 5.45. The lowest BCUT2D eigenvalue weighted by Crippen LogP contribution is -2.32. The van der Waals surface area contributed by atoms with Crippen LogP contribution in [0.4, 0.5) is 0 Å². The van der Waals surface area contributed by atoms with Gasteiger partial charge in [0.25, 0.3) is 0 Å². The minimum atomic E-state index is -0.600. The quantitative estimate of drug-likeness (QED) is 0.584. The largest absolute Gasteiger partial charge is 0.507 e. The van der Waals surface area contributed by atoms with Crippen LogP contribution in [0.15, 0.2) is 24.3 Å². The van der Waals surface area contributed by atoms with E-state index in [1.807, 2.05) is 7.05 Å². The van der Waals surface area contributed by atoms with Crippen molar-refractivity contribution in [2.24, 2.45) is 5.92 Å². The minimum Gasteiger partial charge on any atom is -0.507 e. The Morgan fingerprint density at radius 1 is 1.00 bits per heavy atom. The van der Waals surface area contributed by atoms with Crippen molar-refractivity contribution in [2.45, 2.75) is 18.9 Å². The lowest BCUT2D eigenvalue weighted by atomic mass is 9.82. The highest BCUT2D eigenvalue weighted by Gasteiger charge is 2.40. The molecule has 0 aliphatic carbocycles. The molecule has 3 rings (SSSR count). The molecular formula is C23H29NO7. The number of carbonyl (C=O) groups excluding carboxylic acids is 1. The lowest BCUT2D eigenvalue weighted by molar-refractivity contribution is 0.0625. The second-order valence-electron chi connectivity index (χ2n) is 7.23. The maximum Gasteiger partial charge on any atom is 0.203 e. The normalized spacial score (nSPS) is 17.5. The fraction of sp³-hybridized carbons (Fsp3) is 0.435. The number of rotatable bonds is 9. The topological polar surface area (TPSA) is 95.5 Å². The van der Waals surface area contributed by atoms with Gasteiger partial charge in [0, 0.05) is 17.7 Å². The molecule has 0 spiro atoms. The van der Waals surface area contributed by atoms with Crippen molar-refractivity contribution in [3.05, 3.63) is 35.4 Å². The number of hydrogen-bond acceptors (Lipinski definition) is 8. The van der Waals surface area contributed by atoms with Gasteiger partial charge in [-0.2, -0.15) is 0 Å². The van der Waals surface area contributed by atoms with Gasteiger partial charge < -0.3 is 34.1 Å². The summed E-state index contributed by atoms with van der Waals surface area (Å²) in [5.74, 6) is 1.27. The summed E-state index contributed by atoms with van der Waals surface area (Å²) in [4.78, 5) is 13.5. The van der Waals surface area contributed by atoms with Gasteiger partial charge in [-0.25, -0.2) is 0 Å². The summed E-state index contributed by atoms with van der Waals surface area (Å²) in [5.41, 5.74) is 0.893. The van der Waals surface area contributed by atoms with Gasteiger partial charge in [0.1, 0.15) is 28.9 Å². The Bertz CT molecular complexity index is 919. The third-order valence-electron chi connectivity index (χ3n) is 5.45. The number of benzene rings is 2. The molecule has 0 aromatic heterocycles. The number of aromatic hydroxyl groups is 1. The number of ketones is 1. The Kier molecular flexibility index (Phi) is 7.12. The van der Waals surface area contributed by atoms with Gasteiger partial charge >= 0.3 is 0 Å². The fourth-order valence-corrected chi connectivity index (χ4v) is 3.92. The maximum absolute atomic E-state index is 13.5. The zero-order valence-corrected chi connectivity index (χ0v) is 18.5. The number of phenols is 1. The van der Waals surface area contributed by atoms with Crippen molar-refractivity contribution >= 4 is 5.78 Å². The van der Waals surface area contributed by atoms with E-state index in [-0.39, 0.29) is 22.8 Å². The molecule has 2 N–H and O–H groups in total. The molecule has 2 unspecified atom stereocenters. The lowest BCUT2D eigenvalue weighted by Gasteiger charge is -2.34. The summed E-state index contributed by atoms with van der Waals surface area (Å²) < 4.78 is 27.9. The Balaban J connectivity index is 2.12. The fourth-order valence-electron chi connectivity index (χ4n) is 3.92. The zero-order valence-electron chi connectivity index (χ0n) is 18.5. The summed E-state index contributed by atoms with van der Waals surface area (Å²) in [7, 11) is 7.96. The van der Waals surface area contributed by atoms with Gasteiger partial charge in [0.05, 0.1) is 34.4 Å². The first-order valence-electron chi connectivity index (χ1n) is 10.0.